The topological polar surface area (TPSA) is 148 Å². The van der Waals surface area contributed by atoms with Crippen molar-refractivity contribution in [3.63, 3.8) is 0 Å². The zero-order valence-electron chi connectivity index (χ0n) is 23.0. The number of nitrogens with zero attached hydrogens (tertiary/aromatic N) is 5. The molecule has 4 N–H and O–H groups in total. The predicted octanol–water partition coefficient (Wildman–Crippen LogP) is 3.82. The van der Waals surface area contributed by atoms with Crippen LogP contribution in [0.25, 0.3) is 16.8 Å². The van der Waals surface area contributed by atoms with Crippen molar-refractivity contribution >= 4 is 51.6 Å². The second-order valence-corrected chi connectivity index (χ2v) is 12.5. The fourth-order valence-corrected chi connectivity index (χ4v) is 5.89. The molecule has 5 heterocycles. The summed E-state index contributed by atoms with van der Waals surface area (Å²) in [6.07, 6.45) is 4.21. The standard InChI is InChI=1S/C29H28F2IN7O4/c1-28(14-43-15-28)27(42)38-12-18(10-20(40)13-38)25-37-22(23-24(33)35-8-9-39(23)25)16-2-4-17(5-3-16)26(41)36-21-11-19(6-7-34-21)29(30,31)32/h2-9,11,18,20,40H,10,12-15H2,1H3,(H2,33,35)(H,34,36,41). The number of carbonyl (C=O) groups excluding carboxylic acids is 2. The van der Waals surface area contributed by atoms with Gasteiger partial charge in [0.1, 0.15) is 28.7 Å². The summed E-state index contributed by atoms with van der Waals surface area (Å²) >= 11 is 1.02. The Labute approximate surface area is 258 Å². The highest BCUT2D eigenvalue weighted by Gasteiger charge is 2.46. The minimum absolute atomic E-state index is 0.00697. The van der Waals surface area contributed by atoms with Gasteiger partial charge in [0.15, 0.2) is 0 Å². The molecule has 0 saturated carbocycles. The van der Waals surface area contributed by atoms with Crippen molar-refractivity contribution in [2.45, 2.75) is 29.3 Å². The number of halogens is 3. The Bertz CT molecular complexity index is 1710. The van der Waals surface area contributed by atoms with Gasteiger partial charge in [0.2, 0.25) is 5.91 Å². The number of nitrogens with one attached hydrogen (secondary N) is 1. The number of nitrogens with two attached hydrogens (primary N) is 1. The van der Waals surface area contributed by atoms with E-state index in [9.17, 15) is 23.5 Å². The van der Waals surface area contributed by atoms with Crippen LogP contribution < -0.4 is 11.1 Å². The monoisotopic (exact) mass is 703 g/mol. The van der Waals surface area contributed by atoms with Gasteiger partial charge in [-0.2, -0.15) is 8.78 Å². The van der Waals surface area contributed by atoms with E-state index in [0.29, 0.717) is 48.8 Å². The van der Waals surface area contributed by atoms with Crippen molar-refractivity contribution in [1.29, 1.82) is 0 Å². The van der Waals surface area contributed by atoms with E-state index in [4.69, 9.17) is 15.5 Å². The third kappa shape index (κ3) is 5.65. The van der Waals surface area contributed by atoms with Gasteiger partial charge in [0.05, 0.1) is 24.7 Å². The molecular weight excluding hydrogens is 675 g/mol. The number of alkyl halides is 3. The number of piperidine rings is 1. The van der Waals surface area contributed by atoms with Crippen LogP contribution in [0.5, 0.6) is 0 Å². The molecule has 0 spiro atoms. The van der Waals surface area contributed by atoms with E-state index in [0.717, 1.165) is 28.7 Å². The molecule has 43 heavy (non-hydrogen) atoms. The molecule has 224 valence electrons. The number of nitrogen functional groups attached to an aromatic ring is 1. The Balaban J connectivity index is 1.28. The van der Waals surface area contributed by atoms with E-state index in [2.05, 4.69) is 15.3 Å². The summed E-state index contributed by atoms with van der Waals surface area (Å²) in [5, 5.41) is 13.3. The molecule has 14 heteroatoms. The van der Waals surface area contributed by atoms with Gasteiger partial charge in [-0.25, -0.2) is 15.0 Å². The maximum absolute atomic E-state index is 13.7. The minimum atomic E-state index is -3.10. The van der Waals surface area contributed by atoms with E-state index < -0.39 is 21.4 Å². The molecule has 0 aliphatic carbocycles. The number of β-amino-alcohol motifs (C(OH)–C–C–N with tert-alkyl or cyclic N) is 1. The molecule has 3 aromatic heterocycles. The van der Waals surface area contributed by atoms with E-state index in [1.54, 1.807) is 41.6 Å². The molecule has 2 saturated heterocycles. The second kappa shape index (κ2) is 11.1. The predicted molar refractivity (Wildman–Crippen MR) is 162 cm³/mol. The molecule has 2 aliphatic rings. The lowest BCUT2D eigenvalue weighted by Gasteiger charge is -2.43. The molecule has 2 fully saturated rings. The van der Waals surface area contributed by atoms with Crippen LogP contribution in [0.1, 0.15) is 41.0 Å². The first-order chi connectivity index (χ1) is 20.4. The van der Waals surface area contributed by atoms with Crippen LogP contribution in [0, 0.1) is 5.41 Å². The Kier molecular flexibility index (Phi) is 7.54. The lowest BCUT2D eigenvalue weighted by molar-refractivity contribution is -0.171. The number of amides is 2. The second-order valence-electron chi connectivity index (χ2n) is 11.2. The van der Waals surface area contributed by atoms with Gasteiger partial charge in [-0.3, -0.25) is 14.0 Å². The number of imidazole rings is 1. The smallest absolute Gasteiger partial charge is 0.321 e. The maximum atomic E-state index is 13.7. The lowest BCUT2D eigenvalue weighted by atomic mass is 9.85. The van der Waals surface area contributed by atoms with Gasteiger partial charge >= 0.3 is 3.93 Å². The number of aromatic nitrogens is 4. The van der Waals surface area contributed by atoms with E-state index >= 15 is 0 Å². The number of pyridine rings is 1. The van der Waals surface area contributed by atoms with Crippen molar-refractivity contribution in [1.82, 2.24) is 24.3 Å². The van der Waals surface area contributed by atoms with Gasteiger partial charge in [-0.1, -0.05) is 12.1 Å². The van der Waals surface area contributed by atoms with Crippen LogP contribution in [-0.4, -0.2) is 73.6 Å². The maximum Gasteiger partial charge on any atom is 0.321 e. The van der Waals surface area contributed by atoms with Gasteiger partial charge in [-0.15, -0.1) is 0 Å². The zero-order valence-corrected chi connectivity index (χ0v) is 25.2. The molecule has 2 unspecified atom stereocenters. The number of aliphatic hydroxyl groups is 1. The average molecular weight is 703 g/mol. The summed E-state index contributed by atoms with van der Waals surface area (Å²) in [6, 6.07) is 8.91. The summed E-state index contributed by atoms with van der Waals surface area (Å²) in [6.45, 7) is 3.20. The van der Waals surface area contributed by atoms with Gasteiger partial charge in [-0.05, 0) is 37.6 Å². The lowest BCUT2D eigenvalue weighted by Crippen LogP contribution is -2.57. The molecule has 2 amide bonds. The quantitative estimate of drug-likeness (QED) is 0.203. The highest BCUT2D eigenvalue weighted by molar-refractivity contribution is 14.1. The summed E-state index contributed by atoms with van der Waals surface area (Å²) in [5.41, 5.74) is 7.48. The number of benzene rings is 1. The van der Waals surface area contributed by atoms with Crippen molar-refractivity contribution in [2.75, 3.05) is 37.4 Å². The average Bonchev–Trinajstić information content (AvgIpc) is 3.36. The highest BCUT2D eigenvalue weighted by Crippen LogP contribution is 2.37. The van der Waals surface area contributed by atoms with Crippen LogP contribution in [0.4, 0.5) is 20.4 Å². The Morgan fingerprint density at radius 2 is 1.91 bits per heavy atom. The Morgan fingerprint density at radius 3 is 2.58 bits per heavy atom. The summed E-state index contributed by atoms with van der Waals surface area (Å²) in [5.74, 6) is 0.0423. The molecule has 6 rings (SSSR count). The van der Waals surface area contributed by atoms with E-state index in [1.165, 1.54) is 12.3 Å². The third-order valence-electron chi connectivity index (χ3n) is 7.80. The number of aliphatic hydroxyl groups excluding tert-OH is 1. The first-order valence-corrected chi connectivity index (χ1v) is 14.6. The number of hydrogen-bond donors (Lipinski definition) is 3. The van der Waals surface area contributed by atoms with Crippen LogP contribution in [0.2, 0.25) is 0 Å². The SMILES string of the molecule is CC1(C(=O)N2CC(O)CC(c3nc(-c4ccc(C(=O)Nc5cc(C(F)(F)I)ccn5)cc4)c4c(N)nccn34)C2)COC1. The highest BCUT2D eigenvalue weighted by atomic mass is 127. The molecule has 2 atom stereocenters. The largest absolute Gasteiger partial charge is 0.391 e. The van der Waals surface area contributed by atoms with Crippen LogP contribution in [-0.2, 0) is 13.5 Å². The van der Waals surface area contributed by atoms with Crippen LogP contribution >= 0.6 is 22.6 Å². The summed E-state index contributed by atoms with van der Waals surface area (Å²) in [4.78, 5) is 40.9. The fraction of sp³-hybridized carbons (Fsp3) is 0.345. The van der Waals surface area contributed by atoms with Gasteiger partial charge < -0.3 is 25.8 Å². The Hall–Kier alpha value is -3.76. The molecule has 11 nitrogen and oxygen atoms in total. The first-order valence-electron chi connectivity index (χ1n) is 13.6. The number of rotatable bonds is 6. The number of fused-ring (bicyclic) bond motifs is 1. The fourth-order valence-electron chi connectivity index (χ4n) is 5.56. The minimum Gasteiger partial charge on any atom is -0.391 e. The number of carbonyl (C=O) groups is 2. The number of likely N-dealkylation sites (tertiary alicyclic amines) is 1. The molecule has 1 aromatic carbocycles. The molecule has 2 aliphatic heterocycles. The van der Waals surface area contributed by atoms with Crippen LogP contribution in [0.15, 0.2) is 55.0 Å². The normalized spacial score (nSPS) is 20.1. The van der Waals surface area contributed by atoms with Crippen LogP contribution in [0.3, 0.4) is 0 Å². The molecule has 0 radical (unpaired) electrons. The van der Waals surface area contributed by atoms with Crippen molar-refractivity contribution in [3.05, 3.63) is 71.9 Å². The van der Waals surface area contributed by atoms with E-state index in [-0.39, 0.29) is 41.1 Å². The third-order valence-corrected chi connectivity index (χ3v) is 8.42. The number of anilines is 2. The molecular formula is C29H28F2IN7O4. The van der Waals surface area contributed by atoms with Gasteiger partial charge in [0.25, 0.3) is 5.91 Å². The van der Waals surface area contributed by atoms with Gasteiger partial charge in [0, 0.05) is 76.9 Å². The van der Waals surface area contributed by atoms with E-state index in [1.807, 2.05) is 11.3 Å². The first kappa shape index (κ1) is 29.3. The molecule has 4 aromatic rings. The summed E-state index contributed by atoms with van der Waals surface area (Å²) in [7, 11) is 0. The summed E-state index contributed by atoms with van der Waals surface area (Å²) < 4.78 is 31.4. The van der Waals surface area contributed by atoms with Crippen molar-refractivity contribution < 1.29 is 28.2 Å². The Morgan fingerprint density at radius 1 is 1.16 bits per heavy atom. The van der Waals surface area contributed by atoms with Crippen molar-refractivity contribution in [3.8, 4) is 11.3 Å². The number of ether oxygens (including phenoxy) is 1. The van der Waals surface area contributed by atoms with Crippen molar-refractivity contribution in [2.24, 2.45) is 5.41 Å². The number of hydrogen-bond acceptors (Lipinski definition) is 8. The zero-order chi connectivity index (χ0) is 30.5. The molecule has 0 bridgehead atoms.